The molecular weight excluding hydrogens is 392 g/mol. The first-order valence-corrected chi connectivity index (χ1v) is 12.6. The number of unbranched alkanes of at least 4 members (excludes halogenated alkanes) is 5. The highest BCUT2D eigenvalue weighted by Gasteiger charge is 2.07. The fourth-order valence-electron chi connectivity index (χ4n) is 4.57. The Hall–Kier alpha value is -2.64. The monoisotopic (exact) mass is 422 g/mol. The maximum absolute atomic E-state index is 2.36. The fourth-order valence-corrected chi connectivity index (χ4v) is 5.66. The maximum atomic E-state index is 2.36. The van der Waals surface area contributed by atoms with Gasteiger partial charge in [0.2, 0.25) is 0 Å². The van der Waals surface area contributed by atoms with Gasteiger partial charge in [-0.2, -0.15) is 0 Å². The molecule has 0 radical (unpaired) electrons. The number of aryl methyl sites for hydroxylation is 1. The first-order valence-electron chi connectivity index (χ1n) is 11.8. The summed E-state index contributed by atoms with van der Waals surface area (Å²) in [5, 5.41) is 6.62. The Labute approximate surface area is 189 Å². The highest BCUT2D eigenvalue weighted by Crippen LogP contribution is 2.37. The van der Waals surface area contributed by atoms with E-state index in [2.05, 4.69) is 85.8 Å². The molecule has 0 unspecified atom stereocenters. The zero-order valence-corrected chi connectivity index (χ0v) is 19.2. The standard InChI is InChI=1S/C30H30S/c1-2-3-4-5-6-7-10-22-13-15-23(16-14-22)29-21-28-19-26-17-24-11-8-9-12-25(24)18-27(26)20-30(28)31-29/h8-9,11-21H,2-7,10H2,1H3. The molecule has 5 aromatic rings. The summed E-state index contributed by atoms with van der Waals surface area (Å²) < 4.78 is 1.37. The van der Waals surface area contributed by atoms with Crippen molar-refractivity contribution in [1.29, 1.82) is 0 Å². The van der Waals surface area contributed by atoms with Gasteiger partial charge >= 0.3 is 0 Å². The van der Waals surface area contributed by atoms with Gasteiger partial charge in [0.1, 0.15) is 0 Å². The van der Waals surface area contributed by atoms with E-state index in [0.717, 1.165) is 0 Å². The molecular formula is C30H30S. The van der Waals surface area contributed by atoms with Crippen LogP contribution in [0.4, 0.5) is 0 Å². The molecule has 5 rings (SSSR count). The van der Waals surface area contributed by atoms with Crippen LogP contribution in [0.5, 0.6) is 0 Å². The number of benzene rings is 4. The van der Waals surface area contributed by atoms with E-state index < -0.39 is 0 Å². The van der Waals surface area contributed by atoms with Crippen LogP contribution in [0.1, 0.15) is 51.0 Å². The average molecular weight is 423 g/mol. The second-order valence-electron chi connectivity index (χ2n) is 8.76. The summed E-state index contributed by atoms with van der Waals surface area (Å²) in [5.74, 6) is 0. The zero-order valence-electron chi connectivity index (χ0n) is 18.4. The smallest absolute Gasteiger partial charge is 0.0355 e. The van der Waals surface area contributed by atoms with Gasteiger partial charge in [0, 0.05) is 9.58 Å². The van der Waals surface area contributed by atoms with Crippen LogP contribution in [0.3, 0.4) is 0 Å². The molecule has 0 nitrogen and oxygen atoms in total. The topological polar surface area (TPSA) is 0 Å². The second kappa shape index (κ2) is 9.24. The molecule has 0 aliphatic rings. The maximum Gasteiger partial charge on any atom is 0.0355 e. The van der Waals surface area contributed by atoms with Gasteiger partial charge in [-0.15, -0.1) is 11.3 Å². The Morgan fingerprint density at radius 1 is 0.581 bits per heavy atom. The molecule has 0 N–H and O–H groups in total. The Bertz CT molecular complexity index is 1240. The molecule has 0 spiro atoms. The molecule has 156 valence electrons. The van der Waals surface area contributed by atoms with E-state index in [0.29, 0.717) is 0 Å². The van der Waals surface area contributed by atoms with Crippen LogP contribution in [-0.2, 0) is 6.42 Å². The van der Waals surface area contributed by atoms with Crippen molar-refractivity contribution < 1.29 is 0 Å². The van der Waals surface area contributed by atoms with Crippen molar-refractivity contribution in [2.24, 2.45) is 0 Å². The molecule has 1 heterocycles. The van der Waals surface area contributed by atoms with Gasteiger partial charge in [0.05, 0.1) is 0 Å². The third kappa shape index (κ3) is 4.52. The number of hydrogen-bond donors (Lipinski definition) is 0. The SMILES string of the molecule is CCCCCCCCc1ccc(-c2cc3cc4cc5ccccc5cc4cc3s2)cc1. The molecule has 0 aliphatic heterocycles. The van der Waals surface area contributed by atoms with Gasteiger partial charge < -0.3 is 0 Å². The second-order valence-corrected chi connectivity index (χ2v) is 9.85. The highest BCUT2D eigenvalue weighted by atomic mass is 32.1. The summed E-state index contributed by atoms with van der Waals surface area (Å²) in [7, 11) is 0. The Morgan fingerprint density at radius 2 is 1.23 bits per heavy atom. The quantitative estimate of drug-likeness (QED) is 0.172. The highest BCUT2D eigenvalue weighted by molar-refractivity contribution is 7.22. The van der Waals surface area contributed by atoms with Crippen molar-refractivity contribution in [3.05, 3.63) is 84.4 Å². The van der Waals surface area contributed by atoms with Crippen molar-refractivity contribution in [3.8, 4) is 10.4 Å². The van der Waals surface area contributed by atoms with Crippen LogP contribution >= 0.6 is 11.3 Å². The molecule has 1 heteroatoms. The van der Waals surface area contributed by atoms with E-state index in [-0.39, 0.29) is 0 Å². The lowest BCUT2D eigenvalue weighted by Crippen LogP contribution is -1.86. The fraction of sp³-hybridized carbons (Fsp3) is 0.267. The van der Waals surface area contributed by atoms with Crippen LogP contribution in [0.2, 0.25) is 0 Å². The minimum atomic E-state index is 1.21. The molecule has 0 saturated carbocycles. The van der Waals surface area contributed by atoms with Crippen molar-refractivity contribution in [2.75, 3.05) is 0 Å². The predicted molar refractivity (Wildman–Crippen MR) is 139 cm³/mol. The van der Waals surface area contributed by atoms with Gasteiger partial charge in [-0.3, -0.25) is 0 Å². The van der Waals surface area contributed by atoms with Crippen molar-refractivity contribution >= 4 is 43.0 Å². The van der Waals surface area contributed by atoms with Crippen molar-refractivity contribution in [1.82, 2.24) is 0 Å². The lowest BCUT2D eigenvalue weighted by Gasteiger charge is -2.03. The third-order valence-corrected chi connectivity index (χ3v) is 7.54. The van der Waals surface area contributed by atoms with E-state index >= 15 is 0 Å². The molecule has 31 heavy (non-hydrogen) atoms. The summed E-state index contributed by atoms with van der Waals surface area (Å²) >= 11 is 1.91. The van der Waals surface area contributed by atoms with E-state index in [1.54, 1.807) is 0 Å². The third-order valence-electron chi connectivity index (χ3n) is 6.40. The van der Waals surface area contributed by atoms with E-state index in [4.69, 9.17) is 0 Å². The van der Waals surface area contributed by atoms with Gasteiger partial charge in [0.25, 0.3) is 0 Å². The van der Waals surface area contributed by atoms with Crippen LogP contribution in [0, 0.1) is 0 Å². The van der Waals surface area contributed by atoms with E-state index in [1.807, 2.05) is 11.3 Å². The van der Waals surface area contributed by atoms with Gasteiger partial charge in [-0.05, 0) is 81.2 Å². The molecule has 0 fully saturated rings. The summed E-state index contributed by atoms with van der Waals surface area (Å²) in [6.07, 6.45) is 9.37. The predicted octanol–water partition coefficient (Wildman–Crippen LogP) is 9.78. The number of rotatable bonds is 8. The van der Waals surface area contributed by atoms with Crippen LogP contribution in [-0.4, -0.2) is 0 Å². The Kier molecular flexibility index (Phi) is 6.04. The number of hydrogen-bond acceptors (Lipinski definition) is 1. The molecule has 0 atom stereocenters. The normalized spacial score (nSPS) is 11.6. The average Bonchev–Trinajstić information content (AvgIpc) is 3.21. The van der Waals surface area contributed by atoms with Crippen LogP contribution in [0.15, 0.2) is 78.9 Å². The van der Waals surface area contributed by atoms with Gasteiger partial charge in [-0.25, -0.2) is 0 Å². The minimum Gasteiger partial charge on any atom is -0.135 e. The Morgan fingerprint density at radius 3 is 1.97 bits per heavy atom. The molecule has 1 aromatic heterocycles. The molecule has 0 amide bonds. The molecule has 0 aliphatic carbocycles. The van der Waals surface area contributed by atoms with Crippen LogP contribution < -0.4 is 0 Å². The summed E-state index contributed by atoms with van der Waals surface area (Å²) in [6.45, 7) is 2.28. The summed E-state index contributed by atoms with van der Waals surface area (Å²) in [5.41, 5.74) is 2.81. The van der Waals surface area contributed by atoms with Gasteiger partial charge in [-0.1, -0.05) is 87.6 Å². The molecule has 4 aromatic carbocycles. The Balaban J connectivity index is 1.34. The number of fused-ring (bicyclic) bond motifs is 3. The van der Waals surface area contributed by atoms with E-state index in [9.17, 15) is 0 Å². The lowest BCUT2D eigenvalue weighted by molar-refractivity contribution is 0.607. The first kappa shape index (κ1) is 20.3. The van der Waals surface area contributed by atoms with Gasteiger partial charge in [0.15, 0.2) is 0 Å². The summed E-state index contributed by atoms with van der Waals surface area (Å²) in [6, 6.07) is 29.6. The van der Waals surface area contributed by atoms with Crippen molar-refractivity contribution in [2.45, 2.75) is 51.9 Å². The summed E-state index contributed by atoms with van der Waals surface area (Å²) in [4.78, 5) is 1.36. The minimum absolute atomic E-state index is 1.21. The lowest BCUT2D eigenvalue weighted by atomic mass is 10.0. The first-order chi connectivity index (χ1) is 15.3. The largest absolute Gasteiger partial charge is 0.135 e. The molecule has 0 bridgehead atoms. The zero-order chi connectivity index (χ0) is 21.0. The van der Waals surface area contributed by atoms with E-state index in [1.165, 1.54) is 92.6 Å². The molecule has 0 saturated heterocycles. The number of thiophene rings is 1. The van der Waals surface area contributed by atoms with Crippen LogP contribution in [0.25, 0.3) is 42.1 Å². The van der Waals surface area contributed by atoms with Crippen molar-refractivity contribution in [3.63, 3.8) is 0 Å².